The molecule has 1 aliphatic rings. The van der Waals surface area contributed by atoms with Crippen LogP contribution < -0.4 is 10.2 Å². The van der Waals surface area contributed by atoms with Crippen LogP contribution in [0.2, 0.25) is 5.02 Å². The molecule has 0 spiro atoms. The van der Waals surface area contributed by atoms with Gasteiger partial charge in [0.1, 0.15) is 4.90 Å². The predicted molar refractivity (Wildman–Crippen MR) is 127 cm³/mol. The Balaban J connectivity index is 1.72. The molecular weight excluding hydrogens is 450 g/mol. The molecule has 3 atom stereocenters. The van der Waals surface area contributed by atoms with Gasteiger partial charge in [-0.15, -0.1) is 0 Å². The molecule has 2 aromatic carbocycles. The van der Waals surface area contributed by atoms with E-state index >= 15 is 0 Å². The number of hydrogen-bond acceptors (Lipinski definition) is 5. The first kappa shape index (κ1) is 24.5. The molecule has 174 valence electrons. The number of para-hydroxylation sites is 1. The van der Waals surface area contributed by atoms with Gasteiger partial charge in [0.15, 0.2) is 0 Å². The van der Waals surface area contributed by atoms with Gasteiger partial charge in [0, 0.05) is 44.0 Å². The highest BCUT2D eigenvalue weighted by atomic mass is 35.5. The number of morpholine rings is 1. The molecule has 1 saturated heterocycles. The normalized spacial score (nSPS) is 20.5. The van der Waals surface area contributed by atoms with Gasteiger partial charge in [-0.2, -0.15) is 4.31 Å². The second kappa shape index (κ2) is 10.2. The van der Waals surface area contributed by atoms with Crippen molar-refractivity contribution < 1.29 is 17.9 Å². The molecular formula is C23H30ClN3O4S. The van der Waals surface area contributed by atoms with Crippen molar-refractivity contribution in [2.45, 2.75) is 43.9 Å². The predicted octanol–water partition coefficient (Wildman–Crippen LogP) is 3.39. The average molecular weight is 480 g/mol. The highest BCUT2D eigenvalue weighted by Gasteiger charge is 2.33. The van der Waals surface area contributed by atoms with Crippen molar-refractivity contribution in [2.75, 3.05) is 31.6 Å². The van der Waals surface area contributed by atoms with E-state index in [1.807, 2.05) is 58.2 Å². The standard InChI is InChI=1S/C23H30ClN3O4S/c1-16(26(4)20-8-6-5-7-9-20)13-25-23(28)19-10-11-21(24)22(12-19)32(29,30)27-14-17(2)31-18(3)15-27/h5-12,16-18H,13-15H2,1-4H3,(H,25,28). The van der Waals surface area contributed by atoms with E-state index in [9.17, 15) is 13.2 Å². The van der Waals surface area contributed by atoms with Gasteiger partial charge in [-0.1, -0.05) is 29.8 Å². The number of halogens is 1. The number of anilines is 1. The lowest BCUT2D eigenvalue weighted by atomic mass is 10.2. The average Bonchev–Trinajstić information content (AvgIpc) is 2.76. The number of nitrogens with one attached hydrogen (secondary N) is 1. The van der Waals surface area contributed by atoms with Crippen molar-refractivity contribution in [3.63, 3.8) is 0 Å². The molecule has 0 aromatic heterocycles. The molecule has 9 heteroatoms. The Labute approximate surface area is 195 Å². The van der Waals surface area contributed by atoms with Gasteiger partial charge in [-0.3, -0.25) is 4.79 Å². The van der Waals surface area contributed by atoms with Gasteiger partial charge < -0.3 is 15.0 Å². The van der Waals surface area contributed by atoms with Crippen LogP contribution in [0.15, 0.2) is 53.4 Å². The minimum atomic E-state index is -3.86. The van der Waals surface area contributed by atoms with Crippen molar-refractivity contribution >= 4 is 33.2 Å². The summed E-state index contributed by atoms with van der Waals surface area (Å²) in [5.41, 5.74) is 1.29. The molecule has 1 N–H and O–H groups in total. The second-order valence-electron chi connectivity index (χ2n) is 8.23. The zero-order valence-corrected chi connectivity index (χ0v) is 20.4. The molecule has 1 aliphatic heterocycles. The highest BCUT2D eigenvalue weighted by molar-refractivity contribution is 7.89. The van der Waals surface area contributed by atoms with Crippen LogP contribution in [0.4, 0.5) is 5.69 Å². The summed E-state index contributed by atoms with van der Waals surface area (Å²) in [7, 11) is -1.90. The quantitative estimate of drug-likeness (QED) is 0.658. The van der Waals surface area contributed by atoms with Crippen LogP contribution >= 0.6 is 11.6 Å². The summed E-state index contributed by atoms with van der Waals surface area (Å²) in [5, 5.41) is 2.98. The monoisotopic (exact) mass is 479 g/mol. The lowest BCUT2D eigenvalue weighted by molar-refractivity contribution is -0.0440. The Kier molecular flexibility index (Phi) is 7.82. The molecule has 3 unspecified atom stereocenters. The fourth-order valence-electron chi connectivity index (χ4n) is 3.71. The first-order chi connectivity index (χ1) is 15.1. The largest absolute Gasteiger partial charge is 0.373 e. The maximum atomic E-state index is 13.2. The maximum Gasteiger partial charge on any atom is 0.251 e. The number of hydrogen-bond donors (Lipinski definition) is 1. The SMILES string of the molecule is CC1CN(S(=O)(=O)c2cc(C(=O)NCC(C)N(C)c3ccccc3)ccc2Cl)CC(C)O1. The van der Waals surface area contributed by atoms with Crippen LogP contribution in [-0.4, -0.2) is 63.6 Å². The molecule has 1 amide bonds. The number of rotatable bonds is 7. The molecule has 3 rings (SSSR count). The summed E-state index contributed by atoms with van der Waals surface area (Å²) in [6.45, 7) is 6.54. The van der Waals surface area contributed by atoms with E-state index in [4.69, 9.17) is 16.3 Å². The van der Waals surface area contributed by atoms with Crippen molar-refractivity contribution in [3.8, 4) is 0 Å². The fourth-order valence-corrected chi connectivity index (χ4v) is 5.80. The first-order valence-electron chi connectivity index (χ1n) is 10.6. The van der Waals surface area contributed by atoms with E-state index in [-0.39, 0.29) is 52.7 Å². The van der Waals surface area contributed by atoms with Gasteiger partial charge >= 0.3 is 0 Å². The third-order valence-electron chi connectivity index (χ3n) is 5.58. The van der Waals surface area contributed by atoms with E-state index < -0.39 is 10.0 Å². The first-order valence-corrected chi connectivity index (χ1v) is 12.4. The van der Waals surface area contributed by atoms with Crippen molar-refractivity contribution in [1.29, 1.82) is 0 Å². The number of benzene rings is 2. The minimum Gasteiger partial charge on any atom is -0.373 e. The number of nitrogens with zero attached hydrogens (tertiary/aromatic N) is 2. The maximum absolute atomic E-state index is 13.2. The molecule has 0 aliphatic carbocycles. The van der Waals surface area contributed by atoms with Crippen molar-refractivity contribution in [2.24, 2.45) is 0 Å². The minimum absolute atomic E-state index is 0.0354. The molecule has 1 fully saturated rings. The zero-order valence-electron chi connectivity index (χ0n) is 18.8. The summed E-state index contributed by atoms with van der Waals surface area (Å²) in [5.74, 6) is -0.352. The summed E-state index contributed by atoms with van der Waals surface area (Å²) in [6, 6.07) is 14.3. The van der Waals surface area contributed by atoms with E-state index in [1.165, 1.54) is 22.5 Å². The molecule has 0 radical (unpaired) electrons. The number of sulfonamides is 1. The highest BCUT2D eigenvalue weighted by Crippen LogP contribution is 2.28. The number of carbonyl (C=O) groups is 1. The molecule has 1 heterocycles. The van der Waals surface area contributed by atoms with Gasteiger partial charge in [0.05, 0.1) is 17.2 Å². The van der Waals surface area contributed by atoms with E-state index in [2.05, 4.69) is 10.2 Å². The summed E-state index contributed by atoms with van der Waals surface area (Å²) in [4.78, 5) is 14.8. The van der Waals surface area contributed by atoms with Crippen LogP contribution in [0.1, 0.15) is 31.1 Å². The van der Waals surface area contributed by atoms with E-state index in [0.29, 0.717) is 6.54 Å². The van der Waals surface area contributed by atoms with Crippen molar-refractivity contribution in [3.05, 3.63) is 59.1 Å². The molecule has 0 saturated carbocycles. The number of ether oxygens (including phenoxy) is 1. The summed E-state index contributed by atoms with van der Waals surface area (Å²) < 4.78 is 33.5. The number of likely N-dealkylation sites (N-methyl/N-ethyl adjacent to an activating group) is 1. The topological polar surface area (TPSA) is 79.0 Å². The van der Waals surface area contributed by atoms with Gasteiger partial charge in [-0.05, 0) is 51.1 Å². The van der Waals surface area contributed by atoms with Crippen LogP contribution in [0, 0.1) is 0 Å². The lowest BCUT2D eigenvalue weighted by Gasteiger charge is -2.34. The van der Waals surface area contributed by atoms with Crippen LogP contribution in [-0.2, 0) is 14.8 Å². The molecule has 2 aromatic rings. The lowest BCUT2D eigenvalue weighted by Crippen LogP contribution is -2.48. The number of carbonyl (C=O) groups excluding carboxylic acids is 1. The molecule has 0 bridgehead atoms. The van der Waals surface area contributed by atoms with Gasteiger partial charge in [0.2, 0.25) is 10.0 Å². The zero-order chi connectivity index (χ0) is 23.5. The Hall–Kier alpha value is -2.13. The Bertz CT molecular complexity index is 1040. The smallest absolute Gasteiger partial charge is 0.251 e. The van der Waals surface area contributed by atoms with E-state index in [0.717, 1.165) is 5.69 Å². The fraction of sp³-hybridized carbons (Fsp3) is 0.435. The Morgan fingerprint density at radius 1 is 1.19 bits per heavy atom. The number of amides is 1. The summed E-state index contributed by atoms with van der Waals surface area (Å²) in [6.07, 6.45) is -0.441. The Morgan fingerprint density at radius 2 is 1.81 bits per heavy atom. The Morgan fingerprint density at radius 3 is 2.44 bits per heavy atom. The molecule has 7 nitrogen and oxygen atoms in total. The van der Waals surface area contributed by atoms with Crippen LogP contribution in [0.5, 0.6) is 0 Å². The molecule has 32 heavy (non-hydrogen) atoms. The third-order valence-corrected chi connectivity index (χ3v) is 7.89. The van der Waals surface area contributed by atoms with Crippen LogP contribution in [0.3, 0.4) is 0 Å². The van der Waals surface area contributed by atoms with Gasteiger partial charge in [0.25, 0.3) is 5.91 Å². The van der Waals surface area contributed by atoms with Gasteiger partial charge in [-0.25, -0.2) is 8.42 Å². The second-order valence-corrected chi connectivity index (χ2v) is 10.5. The van der Waals surface area contributed by atoms with Crippen LogP contribution in [0.25, 0.3) is 0 Å². The van der Waals surface area contributed by atoms with E-state index in [1.54, 1.807) is 0 Å². The van der Waals surface area contributed by atoms with Crippen molar-refractivity contribution in [1.82, 2.24) is 9.62 Å². The third kappa shape index (κ3) is 5.61. The summed E-state index contributed by atoms with van der Waals surface area (Å²) >= 11 is 6.24.